The molecule has 4 rings (SSSR count). The molecule has 25 heavy (non-hydrogen) atoms. The summed E-state index contributed by atoms with van der Waals surface area (Å²) in [6, 6.07) is 5.74. The lowest BCUT2D eigenvalue weighted by molar-refractivity contribution is -0.143. The standard InChI is InChI=1S/C17H20FN5O2/c18-13-5-3-12(4-6-13)14-9-15-17(25)22(19-11-23(15)20-14)10-16(24)21-7-1-2-8-21/h3-6,11,14-15,20H,1-2,7-10H2. The number of amides is 2. The maximum Gasteiger partial charge on any atom is 0.267 e. The number of hydrazone groups is 1. The van der Waals surface area contributed by atoms with Gasteiger partial charge in [-0.3, -0.25) is 14.6 Å². The third-order valence-corrected chi connectivity index (χ3v) is 4.97. The summed E-state index contributed by atoms with van der Waals surface area (Å²) in [5, 5.41) is 7.06. The van der Waals surface area contributed by atoms with E-state index in [1.807, 2.05) is 0 Å². The Morgan fingerprint density at radius 1 is 1.24 bits per heavy atom. The van der Waals surface area contributed by atoms with Crippen molar-refractivity contribution in [3.8, 4) is 0 Å². The number of carbonyl (C=O) groups is 2. The summed E-state index contributed by atoms with van der Waals surface area (Å²) in [5.41, 5.74) is 4.12. The molecule has 2 unspecified atom stereocenters. The molecule has 132 valence electrons. The molecule has 1 aromatic rings. The van der Waals surface area contributed by atoms with Crippen LogP contribution < -0.4 is 5.43 Å². The molecule has 0 saturated carbocycles. The Morgan fingerprint density at radius 3 is 2.68 bits per heavy atom. The van der Waals surface area contributed by atoms with E-state index in [2.05, 4.69) is 10.5 Å². The van der Waals surface area contributed by atoms with Gasteiger partial charge in [0, 0.05) is 13.1 Å². The Labute approximate surface area is 145 Å². The van der Waals surface area contributed by atoms with Crippen molar-refractivity contribution in [1.29, 1.82) is 0 Å². The summed E-state index contributed by atoms with van der Waals surface area (Å²) in [5.74, 6) is -0.534. The first-order valence-electron chi connectivity index (χ1n) is 8.55. The molecule has 1 aromatic carbocycles. The van der Waals surface area contributed by atoms with Gasteiger partial charge in [-0.25, -0.2) is 14.8 Å². The van der Waals surface area contributed by atoms with Crippen LogP contribution in [-0.2, 0) is 9.59 Å². The van der Waals surface area contributed by atoms with Crippen molar-refractivity contribution in [2.75, 3.05) is 19.6 Å². The van der Waals surface area contributed by atoms with Crippen molar-refractivity contribution in [3.63, 3.8) is 0 Å². The molecule has 2 atom stereocenters. The molecule has 0 bridgehead atoms. The van der Waals surface area contributed by atoms with Gasteiger partial charge in [0.05, 0.1) is 6.04 Å². The second kappa shape index (κ2) is 6.44. The molecule has 1 N–H and O–H groups in total. The molecule has 2 amide bonds. The molecule has 0 radical (unpaired) electrons. The molecule has 3 heterocycles. The molecule has 8 heteroatoms. The number of benzene rings is 1. The first-order valence-corrected chi connectivity index (χ1v) is 8.55. The minimum Gasteiger partial charge on any atom is -0.341 e. The highest BCUT2D eigenvalue weighted by Gasteiger charge is 2.41. The number of carbonyl (C=O) groups excluding carboxylic acids is 2. The molecule has 3 aliphatic rings. The number of halogens is 1. The lowest BCUT2D eigenvalue weighted by Crippen LogP contribution is -2.52. The topological polar surface area (TPSA) is 68.2 Å². The van der Waals surface area contributed by atoms with Gasteiger partial charge < -0.3 is 4.90 Å². The average Bonchev–Trinajstić information content (AvgIpc) is 3.28. The summed E-state index contributed by atoms with van der Waals surface area (Å²) < 4.78 is 13.1. The van der Waals surface area contributed by atoms with Crippen molar-refractivity contribution in [2.45, 2.75) is 31.3 Å². The average molecular weight is 345 g/mol. The van der Waals surface area contributed by atoms with Crippen LogP contribution in [0.15, 0.2) is 29.4 Å². The zero-order chi connectivity index (χ0) is 17.4. The third kappa shape index (κ3) is 3.09. The van der Waals surface area contributed by atoms with Crippen LogP contribution in [-0.4, -0.2) is 58.7 Å². The number of nitrogens with zero attached hydrogens (tertiary/aromatic N) is 4. The summed E-state index contributed by atoms with van der Waals surface area (Å²) >= 11 is 0. The lowest BCUT2D eigenvalue weighted by Gasteiger charge is -2.30. The largest absolute Gasteiger partial charge is 0.341 e. The van der Waals surface area contributed by atoms with Crippen molar-refractivity contribution in [1.82, 2.24) is 20.3 Å². The number of rotatable bonds is 3. The number of likely N-dealkylation sites (tertiary alicyclic amines) is 1. The van der Waals surface area contributed by atoms with E-state index in [1.54, 1.807) is 28.4 Å². The summed E-state index contributed by atoms with van der Waals surface area (Å²) in [6.07, 6.45) is 4.13. The number of hydrogen-bond acceptors (Lipinski definition) is 5. The monoisotopic (exact) mass is 345 g/mol. The predicted molar refractivity (Wildman–Crippen MR) is 88.5 cm³/mol. The molecule has 0 aliphatic carbocycles. The third-order valence-electron chi connectivity index (χ3n) is 4.97. The maximum atomic E-state index is 13.1. The lowest BCUT2D eigenvalue weighted by atomic mass is 10.0. The van der Waals surface area contributed by atoms with Crippen LogP contribution in [0.3, 0.4) is 0 Å². The quantitative estimate of drug-likeness (QED) is 0.882. The van der Waals surface area contributed by atoms with Crippen LogP contribution in [0.1, 0.15) is 30.9 Å². The Kier molecular flexibility index (Phi) is 4.12. The van der Waals surface area contributed by atoms with E-state index in [0.29, 0.717) is 6.42 Å². The molecule has 3 aliphatic heterocycles. The van der Waals surface area contributed by atoms with E-state index in [9.17, 15) is 14.0 Å². The Bertz CT molecular complexity index is 701. The van der Waals surface area contributed by atoms with Crippen molar-refractivity contribution >= 4 is 18.2 Å². The minimum atomic E-state index is -0.404. The van der Waals surface area contributed by atoms with E-state index in [1.165, 1.54) is 17.1 Å². The number of hydrazine groups is 1. The van der Waals surface area contributed by atoms with Gasteiger partial charge in [-0.1, -0.05) is 12.1 Å². The van der Waals surface area contributed by atoms with Crippen LogP contribution in [0.5, 0.6) is 0 Å². The summed E-state index contributed by atoms with van der Waals surface area (Å²) in [6.45, 7) is 1.50. The van der Waals surface area contributed by atoms with Crippen molar-refractivity contribution in [3.05, 3.63) is 35.6 Å². The van der Waals surface area contributed by atoms with Crippen LogP contribution in [0.25, 0.3) is 0 Å². The molecule has 7 nitrogen and oxygen atoms in total. The minimum absolute atomic E-state index is 0.0130. The van der Waals surface area contributed by atoms with E-state index in [0.717, 1.165) is 31.5 Å². The van der Waals surface area contributed by atoms with E-state index < -0.39 is 6.04 Å². The first kappa shape index (κ1) is 16.0. The fourth-order valence-electron chi connectivity index (χ4n) is 3.56. The second-order valence-corrected chi connectivity index (χ2v) is 6.61. The zero-order valence-corrected chi connectivity index (χ0v) is 13.8. The Hall–Kier alpha value is -2.48. The van der Waals surface area contributed by atoms with Gasteiger partial charge in [0.15, 0.2) is 0 Å². The Morgan fingerprint density at radius 2 is 1.96 bits per heavy atom. The van der Waals surface area contributed by atoms with Crippen LogP contribution >= 0.6 is 0 Å². The van der Waals surface area contributed by atoms with Crippen molar-refractivity contribution in [2.24, 2.45) is 5.10 Å². The number of hydrogen-bond donors (Lipinski definition) is 1. The highest BCUT2D eigenvalue weighted by Crippen LogP contribution is 2.29. The summed E-state index contributed by atoms with van der Waals surface area (Å²) in [4.78, 5) is 26.7. The molecule has 0 aromatic heterocycles. The highest BCUT2D eigenvalue weighted by molar-refractivity contribution is 5.91. The smallest absolute Gasteiger partial charge is 0.267 e. The summed E-state index contributed by atoms with van der Waals surface area (Å²) in [7, 11) is 0. The number of fused-ring (bicyclic) bond motifs is 1. The van der Waals surface area contributed by atoms with Gasteiger partial charge in [-0.2, -0.15) is 5.10 Å². The SMILES string of the molecule is O=C(CN1N=CN2NC(c3ccc(F)cc3)CC2C1=O)N1CCCC1. The van der Waals surface area contributed by atoms with E-state index in [4.69, 9.17) is 0 Å². The van der Waals surface area contributed by atoms with E-state index >= 15 is 0 Å². The second-order valence-electron chi connectivity index (χ2n) is 6.61. The molecule has 2 fully saturated rings. The fraction of sp³-hybridized carbons (Fsp3) is 0.471. The maximum absolute atomic E-state index is 13.1. The van der Waals surface area contributed by atoms with Crippen LogP contribution in [0, 0.1) is 5.82 Å². The molecular formula is C17H20FN5O2. The molecule has 0 spiro atoms. The molecular weight excluding hydrogens is 325 g/mol. The van der Waals surface area contributed by atoms with Gasteiger partial charge in [0.1, 0.15) is 24.7 Å². The van der Waals surface area contributed by atoms with E-state index in [-0.39, 0.29) is 30.2 Å². The van der Waals surface area contributed by atoms with Gasteiger partial charge in [0.25, 0.3) is 5.91 Å². The van der Waals surface area contributed by atoms with Crippen molar-refractivity contribution < 1.29 is 14.0 Å². The highest BCUT2D eigenvalue weighted by atomic mass is 19.1. The first-order chi connectivity index (χ1) is 12.1. The van der Waals surface area contributed by atoms with Crippen LogP contribution in [0.4, 0.5) is 4.39 Å². The zero-order valence-electron chi connectivity index (χ0n) is 13.8. The van der Waals surface area contributed by atoms with Crippen LogP contribution in [0.2, 0.25) is 0 Å². The van der Waals surface area contributed by atoms with Gasteiger partial charge in [-0.15, -0.1) is 0 Å². The van der Waals surface area contributed by atoms with Gasteiger partial charge in [0.2, 0.25) is 5.91 Å². The predicted octanol–water partition coefficient (Wildman–Crippen LogP) is 0.854. The van der Waals surface area contributed by atoms with Gasteiger partial charge >= 0.3 is 0 Å². The normalized spacial score (nSPS) is 25.6. The Balaban J connectivity index is 1.42. The molecule has 2 saturated heterocycles. The van der Waals surface area contributed by atoms with Gasteiger partial charge in [-0.05, 0) is 37.0 Å². The fourth-order valence-corrected chi connectivity index (χ4v) is 3.56. The number of nitrogens with one attached hydrogen (secondary N) is 1.